The molecule has 3 amide bonds. The highest BCUT2D eigenvalue weighted by Gasteiger charge is 2.40. The van der Waals surface area contributed by atoms with Gasteiger partial charge in [0.2, 0.25) is 5.91 Å². The summed E-state index contributed by atoms with van der Waals surface area (Å²) in [4.78, 5) is 48.3. The first-order valence-electron chi connectivity index (χ1n) is 13.0. The van der Waals surface area contributed by atoms with Crippen LogP contribution in [0.3, 0.4) is 0 Å². The third-order valence-corrected chi connectivity index (χ3v) is 7.15. The molecule has 9 nitrogen and oxygen atoms in total. The van der Waals surface area contributed by atoms with Crippen LogP contribution in [-0.4, -0.2) is 92.5 Å². The van der Waals surface area contributed by atoms with Crippen molar-refractivity contribution >= 4 is 28.9 Å². The van der Waals surface area contributed by atoms with Gasteiger partial charge in [0.1, 0.15) is 0 Å². The van der Waals surface area contributed by atoms with Crippen molar-refractivity contribution in [1.29, 1.82) is 0 Å². The van der Waals surface area contributed by atoms with E-state index in [1.165, 1.54) is 9.47 Å². The molecule has 1 aromatic carbocycles. The van der Waals surface area contributed by atoms with E-state index in [2.05, 4.69) is 4.98 Å². The number of fused-ring (bicyclic) bond motifs is 1. The molecule has 11 heteroatoms. The number of carbonyl (C=O) groups is 3. The molecule has 2 aliphatic rings. The minimum absolute atomic E-state index is 0.0216. The monoisotopic (exact) mass is 519 g/mol. The Hall–Kier alpha value is -3.24. The Morgan fingerprint density at radius 3 is 2.43 bits per heavy atom. The van der Waals surface area contributed by atoms with Crippen molar-refractivity contribution < 1.29 is 28.3 Å². The van der Waals surface area contributed by atoms with E-state index in [-0.39, 0.29) is 37.3 Å². The average molecular weight is 520 g/mol. The van der Waals surface area contributed by atoms with Gasteiger partial charge in [0.05, 0.1) is 29.5 Å². The second-order valence-electron chi connectivity index (χ2n) is 10.4. The lowest BCUT2D eigenvalue weighted by atomic mass is 9.91. The Morgan fingerprint density at radius 2 is 1.78 bits per heavy atom. The van der Waals surface area contributed by atoms with Crippen LogP contribution in [0.2, 0.25) is 0 Å². The number of para-hydroxylation sites is 2. The highest BCUT2D eigenvalue weighted by molar-refractivity contribution is 5.95. The SMILES string of the molecule is CC(C)CN(C(=O)c1nc2ccccc2n1CC(F)F)[C@H]1C[C@@H](C(=O)N2CCCCC2)CN(C(=O)O)C1. The van der Waals surface area contributed by atoms with Crippen molar-refractivity contribution in [1.82, 2.24) is 24.3 Å². The fourth-order valence-electron chi connectivity index (χ4n) is 5.49. The summed E-state index contributed by atoms with van der Waals surface area (Å²) in [6, 6.07) is 6.16. The zero-order valence-corrected chi connectivity index (χ0v) is 21.4. The fraction of sp³-hybridized carbons (Fsp3) is 0.615. The van der Waals surface area contributed by atoms with E-state index in [1.54, 1.807) is 34.1 Å². The van der Waals surface area contributed by atoms with Crippen LogP contribution in [0.4, 0.5) is 13.6 Å². The number of rotatable bonds is 7. The molecular weight excluding hydrogens is 484 g/mol. The number of nitrogens with zero attached hydrogens (tertiary/aromatic N) is 5. The zero-order valence-electron chi connectivity index (χ0n) is 21.4. The summed E-state index contributed by atoms with van der Waals surface area (Å²) in [5.41, 5.74) is 0.870. The maximum absolute atomic E-state index is 13.9. The van der Waals surface area contributed by atoms with Gasteiger partial charge in [-0.2, -0.15) is 0 Å². The second kappa shape index (κ2) is 11.4. The predicted octanol–water partition coefficient (Wildman–Crippen LogP) is 3.78. The third-order valence-electron chi connectivity index (χ3n) is 7.15. The minimum atomic E-state index is -2.69. The molecule has 0 saturated carbocycles. The first kappa shape index (κ1) is 26.8. The van der Waals surface area contributed by atoms with E-state index in [0.717, 1.165) is 19.3 Å². The number of aromatic nitrogens is 2. The van der Waals surface area contributed by atoms with Crippen LogP contribution >= 0.6 is 0 Å². The standard InChI is InChI=1S/C26H35F2N5O4/c1-17(2)13-32(25(35)23-29-20-8-4-5-9-21(20)33(23)16-22(27)28)19-12-18(14-31(15-19)26(36)37)24(34)30-10-6-3-7-11-30/h4-5,8-9,17-19,22H,3,6-7,10-16H2,1-2H3,(H,36,37)/t18-,19+/m1/s1. The highest BCUT2D eigenvalue weighted by Crippen LogP contribution is 2.27. The van der Waals surface area contributed by atoms with Crippen LogP contribution in [0, 0.1) is 11.8 Å². The molecule has 4 rings (SSSR count). The van der Waals surface area contributed by atoms with Gasteiger partial charge in [0.25, 0.3) is 12.3 Å². The Labute approximate surface area is 215 Å². The van der Waals surface area contributed by atoms with Gasteiger partial charge in [-0.15, -0.1) is 0 Å². The lowest BCUT2D eigenvalue weighted by molar-refractivity contribution is -0.138. The number of hydrogen-bond donors (Lipinski definition) is 1. The van der Waals surface area contributed by atoms with Crippen LogP contribution in [-0.2, 0) is 11.3 Å². The van der Waals surface area contributed by atoms with Crippen molar-refractivity contribution in [3.8, 4) is 0 Å². The Kier molecular flexibility index (Phi) is 8.29. The van der Waals surface area contributed by atoms with Crippen LogP contribution in [0.25, 0.3) is 11.0 Å². The third kappa shape index (κ3) is 6.02. The predicted molar refractivity (Wildman–Crippen MR) is 134 cm³/mol. The number of alkyl halides is 2. The Morgan fingerprint density at radius 1 is 1.08 bits per heavy atom. The van der Waals surface area contributed by atoms with Gasteiger partial charge in [-0.3, -0.25) is 9.59 Å². The number of carbonyl (C=O) groups excluding carboxylic acids is 2. The van der Waals surface area contributed by atoms with E-state index in [0.29, 0.717) is 30.5 Å². The van der Waals surface area contributed by atoms with Crippen molar-refractivity contribution in [3.63, 3.8) is 0 Å². The second-order valence-corrected chi connectivity index (χ2v) is 10.4. The molecule has 0 radical (unpaired) electrons. The van der Waals surface area contributed by atoms with E-state index in [1.807, 2.05) is 13.8 Å². The normalized spacial score (nSPS) is 20.6. The maximum atomic E-state index is 13.9. The maximum Gasteiger partial charge on any atom is 0.407 e. The molecule has 0 unspecified atom stereocenters. The first-order chi connectivity index (χ1) is 17.7. The van der Waals surface area contributed by atoms with Gasteiger partial charge in [0.15, 0.2) is 5.82 Å². The molecule has 2 saturated heterocycles. The molecule has 2 aromatic rings. The van der Waals surface area contributed by atoms with E-state index in [4.69, 9.17) is 0 Å². The number of likely N-dealkylation sites (tertiary alicyclic amines) is 2. The van der Waals surface area contributed by atoms with Crippen molar-refractivity contribution in [2.24, 2.45) is 11.8 Å². The number of carboxylic acid groups (broad SMARTS) is 1. The van der Waals surface area contributed by atoms with E-state index in [9.17, 15) is 28.3 Å². The van der Waals surface area contributed by atoms with Gasteiger partial charge in [-0.05, 0) is 43.7 Å². The molecule has 0 spiro atoms. The average Bonchev–Trinajstić information content (AvgIpc) is 3.24. The summed E-state index contributed by atoms with van der Waals surface area (Å²) >= 11 is 0. The molecule has 0 aliphatic carbocycles. The number of amides is 3. The van der Waals surface area contributed by atoms with E-state index < -0.39 is 36.9 Å². The largest absolute Gasteiger partial charge is 0.465 e. The Balaban J connectivity index is 1.68. The fourth-order valence-corrected chi connectivity index (χ4v) is 5.49. The molecule has 2 aliphatic heterocycles. The molecule has 1 N–H and O–H groups in total. The molecule has 3 heterocycles. The number of imidazole rings is 1. The molecule has 1 aromatic heterocycles. The van der Waals surface area contributed by atoms with Gasteiger partial charge in [-0.1, -0.05) is 26.0 Å². The molecule has 2 atom stereocenters. The van der Waals surface area contributed by atoms with E-state index >= 15 is 0 Å². The minimum Gasteiger partial charge on any atom is -0.465 e. The van der Waals surface area contributed by atoms with Crippen LogP contribution < -0.4 is 0 Å². The molecule has 202 valence electrons. The molecule has 2 fully saturated rings. The smallest absolute Gasteiger partial charge is 0.407 e. The quantitative estimate of drug-likeness (QED) is 0.600. The molecule has 0 bridgehead atoms. The summed E-state index contributed by atoms with van der Waals surface area (Å²) in [6.45, 7) is 4.88. The summed E-state index contributed by atoms with van der Waals surface area (Å²) in [5, 5.41) is 9.82. The number of hydrogen-bond acceptors (Lipinski definition) is 4. The summed E-state index contributed by atoms with van der Waals surface area (Å²) < 4.78 is 28.2. The summed E-state index contributed by atoms with van der Waals surface area (Å²) in [6.07, 6.45) is -0.623. The highest BCUT2D eigenvalue weighted by atomic mass is 19.3. The zero-order chi connectivity index (χ0) is 26.7. The van der Waals surface area contributed by atoms with Gasteiger partial charge >= 0.3 is 6.09 Å². The van der Waals surface area contributed by atoms with Gasteiger partial charge in [-0.25, -0.2) is 18.6 Å². The molecule has 37 heavy (non-hydrogen) atoms. The number of halogens is 2. The van der Waals surface area contributed by atoms with Crippen molar-refractivity contribution in [3.05, 3.63) is 30.1 Å². The van der Waals surface area contributed by atoms with Crippen molar-refractivity contribution in [2.45, 2.75) is 58.5 Å². The van der Waals surface area contributed by atoms with Crippen LogP contribution in [0.1, 0.15) is 50.1 Å². The van der Waals surface area contributed by atoms with Gasteiger partial charge < -0.3 is 24.4 Å². The topological polar surface area (TPSA) is 99.0 Å². The summed E-state index contributed by atoms with van der Waals surface area (Å²) in [7, 11) is 0. The molecular formula is C26H35F2N5O4. The van der Waals surface area contributed by atoms with Crippen molar-refractivity contribution in [2.75, 3.05) is 32.7 Å². The summed E-state index contributed by atoms with van der Waals surface area (Å²) in [5.74, 6) is -1.28. The van der Waals surface area contributed by atoms with Crippen LogP contribution in [0.5, 0.6) is 0 Å². The number of piperidine rings is 2. The lowest BCUT2D eigenvalue weighted by Crippen LogP contribution is -2.57. The number of benzene rings is 1. The first-order valence-corrected chi connectivity index (χ1v) is 13.0. The van der Waals surface area contributed by atoms with Gasteiger partial charge in [0, 0.05) is 32.7 Å². The van der Waals surface area contributed by atoms with Crippen LogP contribution in [0.15, 0.2) is 24.3 Å². The Bertz CT molecular complexity index is 1130. The lowest BCUT2D eigenvalue weighted by Gasteiger charge is -2.43.